The molecule has 0 aromatic heterocycles. The van der Waals surface area contributed by atoms with Gasteiger partial charge >= 0.3 is 12.4 Å². The van der Waals surface area contributed by atoms with E-state index < -0.39 is 23.5 Å². The number of rotatable bonds is 7. The second kappa shape index (κ2) is 11.7. The fraction of sp³-hybridized carbons (Fsp3) is 0.467. The van der Waals surface area contributed by atoms with Crippen LogP contribution in [0.5, 0.6) is 0 Å². The molecule has 0 bridgehead atoms. The SMILES string of the molecule is CC1C=C(CN2CCCC(COCc3cc(C(F)(F)F)cc(C(F)(F)F)c3)(c3ccccc3)CC2)C=CC1. The monoisotopic (exact) mass is 537 g/mol. The van der Waals surface area contributed by atoms with Gasteiger partial charge in [-0.1, -0.05) is 55.5 Å². The molecule has 2 aromatic carbocycles. The zero-order valence-corrected chi connectivity index (χ0v) is 21.4. The Morgan fingerprint density at radius 2 is 1.61 bits per heavy atom. The average Bonchev–Trinajstić information content (AvgIpc) is 3.06. The minimum Gasteiger partial charge on any atom is -0.376 e. The van der Waals surface area contributed by atoms with Crippen LogP contribution < -0.4 is 0 Å². The summed E-state index contributed by atoms with van der Waals surface area (Å²) in [4.78, 5) is 2.42. The van der Waals surface area contributed by atoms with Gasteiger partial charge in [-0.2, -0.15) is 26.3 Å². The number of allylic oxidation sites excluding steroid dienone is 2. The highest BCUT2D eigenvalue weighted by Gasteiger charge is 2.38. The lowest BCUT2D eigenvalue weighted by Crippen LogP contribution is -2.34. The van der Waals surface area contributed by atoms with E-state index in [1.807, 2.05) is 30.3 Å². The summed E-state index contributed by atoms with van der Waals surface area (Å²) in [5.41, 5.74) is -0.794. The number of likely N-dealkylation sites (tertiary alicyclic amines) is 1. The molecule has 1 fully saturated rings. The van der Waals surface area contributed by atoms with E-state index in [1.54, 1.807) is 0 Å². The number of hydrogen-bond donors (Lipinski definition) is 0. The molecular formula is C30H33F6NO. The maximum Gasteiger partial charge on any atom is 0.416 e. The molecule has 0 amide bonds. The summed E-state index contributed by atoms with van der Waals surface area (Å²) >= 11 is 0. The van der Waals surface area contributed by atoms with Crippen molar-refractivity contribution in [1.29, 1.82) is 0 Å². The Hall–Kier alpha value is -2.58. The van der Waals surface area contributed by atoms with Crippen molar-refractivity contribution in [2.75, 3.05) is 26.2 Å². The summed E-state index contributed by atoms with van der Waals surface area (Å²) in [7, 11) is 0. The number of ether oxygens (including phenoxy) is 1. The van der Waals surface area contributed by atoms with Gasteiger partial charge in [-0.15, -0.1) is 0 Å². The van der Waals surface area contributed by atoms with Crippen LogP contribution in [0.3, 0.4) is 0 Å². The fourth-order valence-corrected chi connectivity index (χ4v) is 5.47. The first-order valence-corrected chi connectivity index (χ1v) is 13.0. The summed E-state index contributed by atoms with van der Waals surface area (Å²) in [6.07, 6.45) is 0.485. The zero-order valence-electron chi connectivity index (χ0n) is 21.4. The summed E-state index contributed by atoms with van der Waals surface area (Å²) < 4.78 is 85.6. The molecule has 38 heavy (non-hydrogen) atoms. The molecule has 206 valence electrons. The molecule has 8 heteroatoms. The second-order valence-corrected chi connectivity index (χ2v) is 10.5. The van der Waals surface area contributed by atoms with Crippen molar-refractivity contribution in [1.82, 2.24) is 4.90 Å². The lowest BCUT2D eigenvalue weighted by molar-refractivity contribution is -0.143. The molecular weight excluding hydrogens is 504 g/mol. The van der Waals surface area contributed by atoms with Crippen molar-refractivity contribution in [2.45, 2.75) is 57.0 Å². The van der Waals surface area contributed by atoms with Gasteiger partial charge < -0.3 is 4.74 Å². The van der Waals surface area contributed by atoms with Crippen LogP contribution in [0.2, 0.25) is 0 Å². The summed E-state index contributed by atoms with van der Waals surface area (Å²) in [5.74, 6) is 0.521. The highest BCUT2D eigenvalue weighted by atomic mass is 19.4. The van der Waals surface area contributed by atoms with Gasteiger partial charge in [-0.25, -0.2) is 0 Å². The smallest absolute Gasteiger partial charge is 0.376 e. The third-order valence-electron chi connectivity index (χ3n) is 7.46. The lowest BCUT2D eigenvalue weighted by atomic mass is 9.75. The Kier molecular flexibility index (Phi) is 8.72. The Morgan fingerprint density at radius 3 is 2.24 bits per heavy atom. The topological polar surface area (TPSA) is 12.5 Å². The van der Waals surface area contributed by atoms with E-state index in [0.717, 1.165) is 63.0 Å². The molecule has 2 aromatic rings. The number of hydrogen-bond acceptors (Lipinski definition) is 2. The summed E-state index contributed by atoms with van der Waals surface area (Å²) in [6.45, 7) is 4.67. The standard InChI is InChI=1S/C30H33F6NO/c1-22-7-5-8-23(15-22)19-37-13-6-11-28(12-14-37,25-9-3-2-4-10-25)21-38-20-24-16-26(29(31,32)33)18-27(17-24)30(34,35)36/h2-5,8-10,15-18,22H,6-7,11-14,19-21H2,1H3. The zero-order chi connectivity index (χ0) is 27.4. The van der Waals surface area contributed by atoms with Crippen LogP contribution in [0.1, 0.15) is 54.9 Å². The van der Waals surface area contributed by atoms with Crippen LogP contribution in [-0.2, 0) is 29.1 Å². The molecule has 2 unspecified atom stereocenters. The van der Waals surface area contributed by atoms with Crippen LogP contribution in [0.15, 0.2) is 72.3 Å². The van der Waals surface area contributed by atoms with Crippen molar-refractivity contribution in [3.8, 4) is 0 Å². The van der Waals surface area contributed by atoms with Gasteiger partial charge in [0.2, 0.25) is 0 Å². The molecule has 1 aliphatic heterocycles. The van der Waals surface area contributed by atoms with Crippen molar-refractivity contribution in [3.63, 3.8) is 0 Å². The number of benzene rings is 2. The molecule has 2 nitrogen and oxygen atoms in total. The molecule has 4 rings (SSSR count). The Bertz CT molecular complexity index is 1110. The van der Waals surface area contributed by atoms with Crippen LogP contribution >= 0.6 is 0 Å². The molecule has 2 atom stereocenters. The van der Waals surface area contributed by atoms with E-state index in [-0.39, 0.29) is 30.3 Å². The van der Waals surface area contributed by atoms with Gasteiger partial charge in [0, 0.05) is 12.0 Å². The maximum atomic E-state index is 13.3. The number of alkyl halides is 6. The van der Waals surface area contributed by atoms with E-state index in [4.69, 9.17) is 4.74 Å². The normalized spacial score (nSPS) is 23.2. The van der Waals surface area contributed by atoms with Crippen molar-refractivity contribution in [3.05, 3.63) is 94.6 Å². The largest absolute Gasteiger partial charge is 0.416 e. The molecule has 1 aliphatic carbocycles. The first kappa shape index (κ1) is 28.4. The highest BCUT2D eigenvalue weighted by Crippen LogP contribution is 2.38. The van der Waals surface area contributed by atoms with Gasteiger partial charge in [0.05, 0.1) is 24.3 Å². The fourth-order valence-electron chi connectivity index (χ4n) is 5.47. The maximum absolute atomic E-state index is 13.3. The van der Waals surface area contributed by atoms with Crippen LogP contribution in [-0.4, -0.2) is 31.1 Å². The molecule has 0 N–H and O–H groups in total. The van der Waals surface area contributed by atoms with Crippen LogP contribution in [0, 0.1) is 5.92 Å². The summed E-state index contributed by atoms with van der Waals surface area (Å²) in [5, 5.41) is 0. The van der Waals surface area contributed by atoms with E-state index in [2.05, 4.69) is 30.1 Å². The average molecular weight is 538 g/mol. The molecule has 2 aliphatic rings. The van der Waals surface area contributed by atoms with Crippen LogP contribution in [0.25, 0.3) is 0 Å². The molecule has 0 spiro atoms. The van der Waals surface area contributed by atoms with E-state index in [0.29, 0.717) is 5.92 Å². The Labute approximate surface area is 220 Å². The molecule has 1 saturated heterocycles. The van der Waals surface area contributed by atoms with Gasteiger partial charge in [-0.05, 0) is 79.6 Å². The Morgan fingerprint density at radius 1 is 0.921 bits per heavy atom. The predicted octanol–water partition coefficient (Wildman–Crippen LogP) is 8.19. The first-order valence-electron chi connectivity index (χ1n) is 13.0. The van der Waals surface area contributed by atoms with Crippen LogP contribution in [0.4, 0.5) is 26.3 Å². The minimum atomic E-state index is -4.88. The molecule has 0 saturated carbocycles. The third kappa shape index (κ3) is 7.29. The Balaban J connectivity index is 1.50. The lowest BCUT2D eigenvalue weighted by Gasteiger charge is -2.33. The number of nitrogens with zero attached hydrogens (tertiary/aromatic N) is 1. The third-order valence-corrected chi connectivity index (χ3v) is 7.46. The van der Waals surface area contributed by atoms with E-state index in [9.17, 15) is 26.3 Å². The van der Waals surface area contributed by atoms with E-state index >= 15 is 0 Å². The highest BCUT2D eigenvalue weighted by molar-refractivity contribution is 5.33. The van der Waals surface area contributed by atoms with Gasteiger partial charge in [0.15, 0.2) is 0 Å². The van der Waals surface area contributed by atoms with Gasteiger partial charge in [-0.3, -0.25) is 4.90 Å². The molecule has 1 heterocycles. The first-order chi connectivity index (χ1) is 17.9. The van der Waals surface area contributed by atoms with E-state index in [1.165, 1.54) is 5.57 Å². The second-order valence-electron chi connectivity index (χ2n) is 10.5. The summed E-state index contributed by atoms with van der Waals surface area (Å²) in [6, 6.07) is 11.5. The minimum absolute atomic E-state index is 0.143. The predicted molar refractivity (Wildman–Crippen MR) is 136 cm³/mol. The van der Waals surface area contributed by atoms with Crippen molar-refractivity contribution < 1.29 is 31.1 Å². The van der Waals surface area contributed by atoms with Crippen molar-refractivity contribution >= 4 is 0 Å². The van der Waals surface area contributed by atoms with Crippen molar-refractivity contribution in [2.24, 2.45) is 5.92 Å². The molecule has 0 radical (unpaired) electrons. The number of halogens is 6. The quantitative estimate of drug-likeness (QED) is 0.330. The van der Waals surface area contributed by atoms with Gasteiger partial charge in [0.1, 0.15) is 0 Å². The van der Waals surface area contributed by atoms with Gasteiger partial charge in [0.25, 0.3) is 0 Å².